The number of hydrogen-bond acceptors (Lipinski definition) is 3. The first-order valence-electron chi connectivity index (χ1n) is 5.15. The summed E-state index contributed by atoms with van der Waals surface area (Å²) in [7, 11) is 1.60. The highest BCUT2D eigenvalue weighted by Crippen LogP contribution is 2.22. The zero-order chi connectivity index (χ0) is 13.1. The Kier molecular flexibility index (Phi) is 4.04. The number of rotatable bonds is 3. The van der Waals surface area contributed by atoms with Crippen LogP contribution in [0.3, 0.4) is 0 Å². The van der Waals surface area contributed by atoms with E-state index in [-0.39, 0.29) is 10.7 Å². The third kappa shape index (κ3) is 2.73. The van der Waals surface area contributed by atoms with Gasteiger partial charge in [-0.25, -0.2) is 4.98 Å². The Morgan fingerprint density at radius 2 is 2.28 bits per heavy atom. The molecule has 1 heterocycles. The summed E-state index contributed by atoms with van der Waals surface area (Å²) in [6.07, 6.45) is 3.10. The first kappa shape index (κ1) is 13.1. The van der Waals surface area contributed by atoms with Crippen LogP contribution in [0.15, 0.2) is 39.9 Å². The first-order valence-corrected chi connectivity index (χ1v) is 6.32. The van der Waals surface area contributed by atoms with Gasteiger partial charge in [-0.2, -0.15) is 0 Å². The highest BCUT2D eigenvalue weighted by atomic mass is 79.9. The fourth-order valence-corrected chi connectivity index (χ4v) is 2.06. The van der Waals surface area contributed by atoms with E-state index in [4.69, 9.17) is 16.3 Å². The lowest BCUT2D eigenvalue weighted by molar-refractivity contribution is 0.414. The molecule has 0 bridgehead atoms. The normalized spacial score (nSPS) is 10.4. The quantitative estimate of drug-likeness (QED) is 0.869. The van der Waals surface area contributed by atoms with E-state index in [0.29, 0.717) is 6.54 Å². The van der Waals surface area contributed by atoms with Crippen LogP contribution >= 0.6 is 27.5 Å². The van der Waals surface area contributed by atoms with Gasteiger partial charge in [-0.1, -0.05) is 27.5 Å². The smallest absolute Gasteiger partial charge is 0.288 e. The molecule has 0 aliphatic rings. The molecule has 1 aromatic heterocycles. The van der Waals surface area contributed by atoms with Gasteiger partial charge in [0.1, 0.15) is 5.75 Å². The molecular weight excluding hydrogens is 320 g/mol. The molecule has 0 amide bonds. The van der Waals surface area contributed by atoms with Gasteiger partial charge in [0.2, 0.25) is 0 Å². The molecule has 2 rings (SSSR count). The largest absolute Gasteiger partial charge is 0.497 e. The van der Waals surface area contributed by atoms with Crippen LogP contribution in [0.5, 0.6) is 5.75 Å². The molecular formula is C12H10BrClN2O2. The summed E-state index contributed by atoms with van der Waals surface area (Å²) < 4.78 is 7.56. The molecule has 0 spiro atoms. The lowest BCUT2D eigenvalue weighted by atomic mass is 10.2. The molecule has 4 nitrogen and oxygen atoms in total. The van der Waals surface area contributed by atoms with E-state index in [0.717, 1.165) is 15.8 Å². The van der Waals surface area contributed by atoms with Crippen LogP contribution in [0.4, 0.5) is 0 Å². The fraction of sp³-hybridized carbons (Fsp3) is 0.167. The van der Waals surface area contributed by atoms with Gasteiger partial charge in [-0.3, -0.25) is 4.79 Å². The van der Waals surface area contributed by atoms with Gasteiger partial charge in [0.25, 0.3) is 5.56 Å². The Morgan fingerprint density at radius 3 is 3.00 bits per heavy atom. The molecule has 0 N–H and O–H groups in total. The minimum absolute atomic E-state index is 0.0310. The number of benzene rings is 1. The highest BCUT2D eigenvalue weighted by Gasteiger charge is 2.06. The lowest BCUT2D eigenvalue weighted by Crippen LogP contribution is -2.21. The number of methoxy groups -OCH3 is 1. The third-order valence-corrected chi connectivity index (χ3v) is 3.50. The van der Waals surface area contributed by atoms with E-state index < -0.39 is 0 Å². The molecule has 0 atom stereocenters. The van der Waals surface area contributed by atoms with Gasteiger partial charge in [0.15, 0.2) is 5.15 Å². The Hall–Kier alpha value is -1.33. The molecule has 0 saturated carbocycles. The summed E-state index contributed by atoms with van der Waals surface area (Å²) in [5.74, 6) is 0.737. The molecule has 0 fully saturated rings. The van der Waals surface area contributed by atoms with Gasteiger partial charge >= 0.3 is 0 Å². The maximum absolute atomic E-state index is 11.8. The van der Waals surface area contributed by atoms with Gasteiger partial charge in [0.05, 0.1) is 13.7 Å². The molecule has 94 valence electrons. The molecule has 0 radical (unpaired) electrons. The molecule has 0 saturated heterocycles. The van der Waals surface area contributed by atoms with E-state index in [2.05, 4.69) is 20.9 Å². The monoisotopic (exact) mass is 328 g/mol. The number of hydrogen-bond donors (Lipinski definition) is 0. The third-order valence-electron chi connectivity index (χ3n) is 2.47. The standard InChI is InChI=1S/C12H10BrClN2O2/c1-18-9-2-3-10(13)8(6-9)7-16-5-4-15-11(14)12(16)17/h2-6H,7H2,1H3. The highest BCUT2D eigenvalue weighted by molar-refractivity contribution is 9.10. The molecule has 2 aromatic rings. The van der Waals surface area contributed by atoms with E-state index in [1.165, 1.54) is 10.8 Å². The second-order valence-electron chi connectivity index (χ2n) is 3.61. The molecule has 1 aromatic carbocycles. The second kappa shape index (κ2) is 5.54. The van der Waals surface area contributed by atoms with E-state index in [1.807, 2.05) is 18.2 Å². The van der Waals surface area contributed by atoms with Crippen molar-refractivity contribution in [3.8, 4) is 5.75 Å². The molecule has 6 heteroatoms. The predicted octanol–water partition coefficient (Wildman–Crippen LogP) is 2.72. The molecule has 0 aliphatic carbocycles. The predicted molar refractivity (Wildman–Crippen MR) is 73.3 cm³/mol. The minimum atomic E-state index is -0.311. The van der Waals surface area contributed by atoms with Gasteiger partial charge in [0, 0.05) is 16.9 Å². The Balaban J connectivity index is 2.39. The van der Waals surface area contributed by atoms with Crippen molar-refractivity contribution in [1.29, 1.82) is 0 Å². The van der Waals surface area contributed by atoms with Crippen molar-refractivity contribution in [2.75, 3.05) is 7.11 Å². The van der Waals surface area contributed by atoms with E-state index >= 15 is 0 Å². The van der Waals surface area contributed by atoms with Crippen LogP contribution in [0.2, 0.25) is 5.15 Å². The first-order chi connectivity index (χ1) is 8.61. The van der Waals surface area contributed by atoms with Crippen LogP contribution in [-0.2, 0) is 6.54 Å². The van der Waals surface area contributed by atoms with E-state index in [9.17, 15) is 4.79 Å². The number of halogens is 2. The number of nitrogens with zero attached hydrogens (tertiary/aromatic N) is 2. The van der Waals surface area contributed by atoms with Crippen LogP contribution in [0, 0.1) is 0 Å². The summed E-state index contributed by atoms with van der Waals surface area (Å²) in [5, 5.41) is -0.0310. The van der Waals surface area contributed by atoms with Crippen molar-refractivity contribution in [3.05, 3.63) is 56.1 Å². The Morgan fingerprint density at radius 1 is 1.50 bits per heavy atom. The van der Waals surface area contributed by atoms with Crippen LogP contribution in [0.25, 0.3) is 0 Å². The lowest BCUT2D eigenvalue weighted by Gasteiger charge is -2.09. The van der Waals surface area contributed by atoms with Crippen molar-refractivity contribution in [2.24, 2.45) is 0 Å². The van der Waals surface area contributed by atoms with Crippen LogP contribution in [0.1, 0.15) is 5.56 Å². The second-order valence-corrected chi connectivity index (χ2v) is 4.82. The maximum Gasteiger partial charge on any atom is 0.288 e. The van der Waals surface area contributed by atoms with Gasteiger partial charge in [-0.15, -0.1) is 0 Å². The van der Waals surface area contributed by atoms with E-state index in [1.54, 1.807) is 13.3 Å². The van der Waals surface area contributed by atoms with Crippen molar-refractivity contribution in [2.45, 2.75) is 6.54 Å². The number of aromatic nitrogens is 2. The summed E-state index contributed by atoms with van der Waals surface area (Å²) >= 11 is 9.14. The van der Waals surface area contributed by atoms with Gasteiger partial charge < -0.3 is 9.30 Å². The topological polar surface area (TPSA) is 44.1 Å². The van der Waals surface area contributed by atoms with Crippen molar-refractivity contribution in [1.82, 2.24) is 9.55 Å². The average molecular weight is 330 g/mol. The summed E-state index contributed by atoms with van der Waals surface area (Å²) in [6, 6.07) is 5.59. The summed E-state index contributed by atoms with van der Waals surface area (Å²) in [6.45, 7) is 0.402. The molecule has 0 unspecified atom stereocenters. The fourth-order valence-electron chi connectivity index (χ4n) is 1.53. The van der Waals surface area contributed by atoms with Crippen molar-refractivity contribution in [3.63, 3.8) is 0 Å². The zero-order valence-electron chi connectivity index (χ0n) is 9.56. The van der Waals surface area contributed by atoms with Crippen LogP contribution < -0.4 is 10.3 Å². The van der Waals surface area contributed by atoms with Crippen LogP contribution in [-0.4, -0.2) is 16.7 Å². The zero-order valence-corrected chi connectivity index (χ0v) is 11.9. The molecule has 0 aliphatic heterocycles. The van der Waals surface area contributed by atoms with Gasteiger partial charge in [-0.05, 0) is 23.8 Å². The maximum atomic E-state index is 11.8. The SMILES string of the molecule is COc1ccc(Br)c(Cn2ccnc(Cl)c2=O)c1. The Bertz CT molecular complexity index is 628. The summed E-state index contributed by atoms with van der Waals surface area (Å²) in [5.41, 5.74) is 0.618. The summed E-state index contributed by atoms with van der Waals surface area (Å²) in [4.78, 5) is 15.5. The number of ether oxygens (including phenoxy) is 1. The van der Waals surface area contributed by atoms with Crippen molar-refractivity contribution < 1.29 is 4.74 Å². The minimum Gasteiger partial charge on any atom is -0.497 e. The average Bonchev–Trinajstić information content (AvgIpc) is 2.37. The van der Waals surface area contributed by atoms with Crippen molar-refractivity contribution >= 4 is 27.5 Å². The molecule has 18 heavy (non-hydrogen) atoms. The Labute approximate surface area is 117 Å².